The number of likely N-dealkylation sites (N-methyl/N-ethyl adjacent to an activating group) is 1. The predicted octanol–water partition coefficient (Wildman–Crippen LogP) is 2.27. The average molecular weight is 311 g/mol. The van der Waals surface area contributed by atoms with Crippen LogP contribution in [0.3, 0.4) is 0 Å². The molecule has 118 valence electrons. The molecule has 0 aliphatic carbocycles. The second kappa shape index (κ2) is 9.64. The summed E-state index contributed by atoms with van der Waals surface area (Å²) in [6, 6.07) is 10.2. The lowest BCUT2D eigenvalue weighted by atomic mass is 10.2. The second-order valence-corrected chi connectivity index (χ2v) is 4.49. The minimum Gasteiger partial charge on any atom is -0.497 e. The molecule has 0 saturated heterocycles. The van der Waals surface area contributed by atoms with Crippen LogP contribution in [0, 0.1) is 22.7 Å². The van der Waals surface area contributed by atoms with Gasteiger partial charge in [0.15, 0.2) is 0 Å². The van der Waals surface area contributed by atoms with E-state index in [0.29, 0.717) is 17.9 Å². The van der Waals surface area contributed by atoms with E-state index in [1.807, 2.05) is 0 Å². The molecule has 0 heterocycles. The Morgan fingerprint density at radius 2 is 1.91 bits per heavy atom. The Balaban J connectivity index is 2.39. The van der Waals surface area contributed by atoms with Gasteiger partial charge >= 0.3 is 5.97 Å². The first-order valence-electron chi connectivity index (χ1n) is 6.80. The lowest BCUT2D eigenvalue weighted by Gasteiger charge is -2.13. The zero-order valence-corrected chi connectivity index (χ0v) is 13.0. The van der Waals surface area contributed by atoms with Crippen LogP contribution >= 0.6 is 0 Å². The minimum absolute atomic E-state index is 0.0283. The summed E-state index contributed by atoms with van der Waals surface area (Å²) in [4.78, 5) is 13.6. The summed E-state index contributed by atoms with van der Waals surface area (Å²) in [6.45, 7) is 0.708. The molecule has 0 aliphatic heterocycles. The highest BCUT2D eigenvalue weighted by molar-refractivity contribution is 5.89. The van der Waals surface area contributed by atoms with E-state index in [1.165, 1.54) is 6.08 Å². The number of nitriles is 2. The van der Waals surface area contributed by atoms with Gasteiger partial charge in [0.2, 0.25) is 0 Å². The molecule has 0 radical (unpaired) electrons. The summed E-state index contributed by atoms with van der Waals surface area (Å²) in [6.07, 6.45) is 4.70. The van der Waals surface area contributed by atoms with Gasteiger partial charge in [-0.3, -0.25) is 0 Å². The molecule has 1 aromatic carbocycles. The third-order valence-corrected chi connectivity index (χ3v) is 2.85. The zero-order chi connectivity index (χ0) is 17.1. The van der Waals surface area contributed by atoms with Gasteiger partial charge in [0.05, 0.1) is 19.2 Å². The number of carbonyl (C=O) groups is 1. The fraction of sp³-hybridized carbons (Fsp3) is 0.235. The van der Waals surface area contributed by atoms with E-state index in [0.717, 1.165) is 0 Å². The quantitative estimate of drug-likeness (QED) is 0.436. The number of esters is 1. The maximum atomic E-state index is 11.8. The molecule has 0 N–H and O–H groups in total. The summed E-state index contributed by atoms with van der Waals surface area (Å²) in [7, 11) is 3.35. The molecule has 0 atom stereocenters. The van der Waals surface area contributed by atoms with Crippen LogP contribution in [-0.2, 0) is 4.74 Å². The minimum atomic E-state index is -0.402. The Morgan fingerprint density at radius 3 is 2.48 bits per heavy atom. The zero-order valence-electron chi connectivity index (χ0n) is 13.0. The summed E-state index contributed by atoms with van der Waals surface area (Å²) >= 11 is 0. The number of allylic oxidation sites excluding steroid dienone is 3. The Labute approximate surface area is 135 Å². The Kier molecular flexibility index (Phi) is 7.46. The van der Waals surface area contributed by atoms with Gasteiger partial charge in [0.1, 0.15) is 30.1 Å². The van der Waals surface area contributed by atoms with Crippen molar-refractivity contribution in [3.63, 3.8) is 0 Å². The average Bonchev–Trinajstić information content (AvgIpc) is 2.58. The van der Waals surface area contributed by atoms with Crippen LogP contribution in [0.2, 0.25) is 0 Å². The molecule has 0 aromatic heterocycles. The summed E-state index contributed by atoms with van der Waals surface area (Å²) in [5.74, 6) is 0.273. The lowest BCUT2D eigenvalue weighted by molar-refractivity contribution is 0.0487. The maximum absolute atomic E-state index is 11.8. The van der Waals surface area contributed by atoms with Crippen LogP contribution < -0.4 is 4.74 Å². The highest BCUT2D eigenvalue weighted by Gasteiger charge is 2.07. The molecule has 0 fully saturated rings. The van der Waals surface area contributed by atoms with E-state index < -0.39 is 5.97 Å². The largest absolute Gasteiger partial charge is 0.497 e. The lowest BCUT2D eigenvalue weighted by Crippen LogP contribution is -2.19. The molecule has 0 aliphatic rings. The summed E-state index contributed by atoms with van der Waals surface area (Å²) in [5.41, 5.74) is 0.486. The number of rotatable bonds is 7. The summed E-state index contributed by atoms with van der Waals surface area (Å²) in [5, 5.41) is 17.2. The molecule has 1 aromatic rings. The highest BCUT2D eigenvalue weighted by atomic mass is 16.5. The predicted molar refractivity (Wildman–Crippen MR) is 84.4 cm³/mol. The second-order valence-electron chi connectivity index (χ2n) is 4.49. The molecule has 0 bridgehead atoms. The van der Waals surface area contributed by atoms with Gasteiger partial charge in [-0.05, 0) is 42.6 Å². The van der Waals surface area contributed by atoms with Crippen LogP contribution in [0.15, 0.2) is 48.2 Å². The molecular weight excluding hydrogens is 294 g/mol. The van der Waals surface area contributed by atoms with Gasteiger partial charge in [0.25, 0.3) is 0 Å². The molecule has 0 spiro atoms. The number of nitrogens with zero attached hydrogens (tertiary/aromatic N) is 3. The van der Waals surface area contributed by atoms with E-state index in [2.05, 4.69) is 0 Å². The van der Waals surface area contributed by atoms with Crippen molar-refractivity contribution in [1.29, 1.82) is 10.5 Å². The van der Waals surface area contributed by atoms with Crippen molar-refractivity contribution in [1.82, 2.24) is 4.90 Å². The van der Waals surface area contributed by atoms with Crippen molar-refractivity contribution in [2.24, 2.45) is 0 Å². The highest BCUT2D eigenvalue weighted by Crippen LogP contribution is 2.11. The Bertz CT molecular complexity index is 648. The van der Waals surface area contributed by atoms with Crippen molar-refractivity contribution in [2.45, 2.75) is 0 Å². The van der Waals surface area contributed by atoms with E-state index in [1.54, 1.807) is 67.7 Å². The number of hydrogen-bond acceptors (Lipinski definition) is 6. The van der Waals surface area contributed by atoms with Crippen molar-refractivity contribution < 1.29 is 14.3 Å². The van der Waals surface area contributed by atoms with Gasteiger partial charge < -0.3 is 14.4 Å². The fourth-order valence-corrected chi connectivity index (χ4v) is 1.55. The van der Waals surface area contributed by atoms with Crippen molar-refractivity contribution >= 4 is 5.97 Å². The van der Waals surface area contributed by atoms with E-state index >= 15 is 0 Å². The van der Waals surface area contributed by atoms with Crippen LogP contribution in [0.5, 0.6) is 5.75 Å². The number of ether oxygens (including phenoxy) is 2. The number of hydrogen-bond donors (Lipinski definition) is 0. The molecule has 1 rings (SSSR count). The van der Waals surface area contributed by atoms with Crippen LogP contribution in [-0.4, -0.2) is 38.2 Å². The summed E-state index contributed by atoms with van der Waals surface area (Å²) < 4.78 is 10.2. The number of carbonyl (C=O) groups excluding carboxylic acids is 1. The molecule has 0 amide bonds. The van der Waals surface area contributed by atoms with E-state index in [-0.39, 0.29) is 12.2 Å². The smallest absolute Gasteiger partial charge is 0.338 e. The van der Waals surface area contributed by atoms with E-state index in [9.17, 15) is 4.79 Å². The number of methoxy groups -OCH3 is 1. The Morgan fingerprint density at radius 1 is 1.26 bits per heavy atom. The Hall–Kier alpha value is -3.25. The monoisotopic (exact) mass is 311 g/mol. The van der Waals surface area contributed by atoms with Gasteiger partial charge in [-0.25, -0.2) is 4.79 Å². The molecule has 6 nitrogen and oxygen atoms in total. The molecule has 0 unspecified atom stereocenters. The fourth-order valence-electron chi connectivity index (χ4n) is 1.55. The standard InChI is InChI=1S/C17H17N3O3/c1-20(9-3-4-14(12-18)13-19)10-11-23-17(21)15-5-7-16(22-2)8-6-15/h3-9H,10-11H2,1-2H3. The number of benzene rings is 1. The van der Waals surface area contributed by atoms with Gasteiger partial charge in [0, 0.05) is 7.05 Å². The first kappa shape index (κ1) is 17.8. The van der Waals surface area contributed by atoms with Crippen molar-refractivity contribution in [3.05, 3.63) is 53.8 Å². The van der Waals surface area contributed by atoms with E-state index in [4.69, 9.17) is 20.0 Å². The van der Waals surface area contributed by atoms with Crippen LogP contribution in [0.1, 0.15) is 10.4 Å². The SMILES string of the molecule is COc1ccc(C(=O)OCCN(C)C=CC=C(C#N)C#N)cc1. The first-order chi connectivity index (χ1) is 11.1. The van der Waals surface area contributed by atoms with Gasteiger partial charge in [-0.1, -0.05) is 0 Å². The normalized spacial score (nSPS) is 9.57. The van der Waals surface area contributed by atoms with Crippen LogP contribution in [0.4, 0.5) is 0 Å². The first-order valence-corrected chi connectivity index (χ1v) is 6.80. The third-order valence-electron chi connectivity index (χ3n) is 2.85. The third kappa shape index (κ3) is 6.36. The molecule has 23 heavy (non-hydrogen) atoms. The molecular formula is C17H17N3O3. The van der Waals surface area contributed by atoms with Gasteiger partial charge in [-0.15, -0.1) is 0 Å². The molecule has 0 saturated carbocycles. The molecule has 6 heteroatoms. The topological polar surface area (TPSA) is 86.3 Å². The van der Waals surface area contributed by atoms with Gasteiger partial charge in [-0.2, -0.15) is 10.5 Å². The maximum Gasteiger partial charge on any atom is 0.338 e. The van der Waals surface area contributed by atoms with Crippen molar-refractivity contribution in [3.8, 4) is 17.9 Å². The van der Waals surface area contributed by atoms with Crippen LogP contribution in [0.25, 0.3) is 0 Å². The van der Waals surface area contributed by atoms with Crippen molar-refractivity contribution in [2.75, 3.05) is 27.3 Å².